The molecule has 1 nitrogen and oxygen atoms in total. The summed E-state index contributed by atoms with van der Waals surface area (Å²) >= 11 is 0. The van der Waals surface area contributed by atoms with E-state index in [4.69, 9.17) is 0 Å². The van der Waals surface area contributed by atoms with Crippen molar-refractivity contribution in [1.29, 1.82) is 0 Å². The molecule has 1 unspecified atom stereocenters. The van der Waals surface area contributed by atoms with E-state index in [9.17, 15) is 4.57 Å². The Bertz CT molecular complexity index is 866. The van der Waals surface area contributed by atoms with Gasteiger partial charge >= 0.3 is 0 Å². The van der Waals surface area contributed by atoms with E-state index >= 15 is 0 Å². The molecule has 0 heterocycles. The van der Waals surface area contributed by atoms with Crippen molar-refractivity contribution in [3.05, 3.63) is 95.6 Å². The zero-order valence-electron chi connectivity index (χ0n) is 14.4. The lowest BCUT2D eigenvalue weighted by molar-refractivity contribution is 0.596. The van der Waals surface area contributed by atoms with Crippen LogP contribution in [-0.2, 0) is 9.98 Å². The van der Waals surface area contributed by atoms with Gasteiger partial charge in [-0.2, -0.15) is 0 Å². The van der Waals surface area contributed by atoms with E-state index in [0.717, 1.165) is 16.2 Å². The van der Waals surface area contributed by atoms with Crippen molar-refractivity contribution in [3.63, 3.8) is 0 Å². The summed E-state index contributed by atoms with van der Waals surface area (Å²) < 4.78 is 13.2. The number of rotatable bonds is 4. The van der Waals surface area contributed by atoms with Gasteiger partial charge in [-0.15, -0.1) is 0 Å². The third kappa shape index (κ3) is 3.09. The van der Waals surface area contributed by atoms with Gasteiger partial charge in [-0.25, -0.2) is 0 Å². The first-order valence-electron chi connectivity index (χ1n) is 8.27. The van der Waals surface area contributed by atoms with Crippen molar-refractivity contribution in [1.82, 2.24) is 0 Å². The molecule has 2 heteroatoms. The summed E-state index contributed by atoms with van der Waals surface area (Å²) in [7, 11) is -2.03. The number of aryl methyl sites for hydroxylation is 1. The topological polar surface area (TPSA) is 17.1 Å². The lowest BCUT2D eigenvalue weighted by Crippen LogP contribution is -2.27. The molecule has 0 aliphatic carbocycles. The fraction of sp³-hybridized carbons (Fsp3) is 0.182. The van der Waals surface area contributed by atoms with Gasteiger partial charge in [0.1, 0.15) is 7.80 Å². The molecule has 0 saturated carbocycles. The summed E-state index contributed by atoms with van der Waals surface area (Å²) in [4.78, 5) is 0. The van der Waals surface area contributed by atoms with Crippen LogP contribution >= 0.6 is 7.80 Å². The fourth-order valence-electron chi connectivity index (χ4n) is 3.39. The Labute approximate surface area is 145 Å². The molecule has 0 amide bonds. The van der Waals surface area contributed by atoms with Gasteiger partial charge in [0.2, 0.25) is 0 Å². The van der Waals surface area contributed by atoms with Crippen molar-refractivity contribution in [2.45, 2.75) is 26.2 Å². The number of hydrogen-bond donors (Lipinski definition) is 0. The van der Waals surface area contributed by atoms with Crippen LogP contribution in [0.5, 0.6) is 0 Å². The van der Waals surface area contributed by atoms with E-state index in [0.29, 0.717) is 0 Å². The predicted octanol–water partition coefficient (Wildman–Crippen LogP) is 4.83. The predicted molar refractivity (Wildman–Crippen MR) is 104 cm³/mol. The summed E-state index contributed by atoms with van der Waals surface area (Å²) in [6.45, 7) is 6.57. The molecular weight excluding hydrogens is 311 g/mol. The van der Waals surface area contributed by atoms with Gasteiger partial charge in [-0.05, 0) is 23.6 Å². The molecule has 24 heavy (non-hydrogen) atoms. The van der Waals surface area contributed by atoms with Gasteiger partial charge in [0.05, 0.1) is 0 Å². The molecule has 0 aromatic heterocycles. The minimum Gasteiger partial charge on any atom is -0.317 e. The van der Waals surface area contributed by atoms with Crippen LogP contribution in [0.25, 0.3) is 0 Å². The zero-order valence-corrected chi connectivity index (χ0v) is 15.4. The van der Waals surface area contributed by atoms with Crippen molar-refractivity contribution in [2.24, 2.45) is 0 Å². The van der Waals surface area contributed by atoms with E-state index in [1.165, 1.54) is 11.1 Å². The van der Waals surface area contributed by atoms with E-state index < -0.39 is 7.80 Å². The van der Waals surface area contributed by atoms with Crippen LogP contribution < -0.4 is 10.6 Å². The Morgan fingerprint density at radius 2 is 1.25 bits per heavy atom. The number of hydrogen-bond acceptors (Lipinski definition) is 1. The standard InChI is InChI=1S/C22H23OP/c1-17-11-7-8-14-19(17)22(2,3)20-15-9-10-16-21(20)24(23)18-12-5-4-6-13-18/h4-16,24H,1-3H3. The molecular formula is C22H23OP. The molecule has 0 fully saturated rings. The third-order valence-corrected chi connectivity index (χ3v) is 6.48. The summed E-state index contributed by atoms with van der Waals surface area (Å²) in [5.74, 6) is 0. The number of benzene rings is 3. The molecule has 0 N–H and O–H groups in total. The maximum Gasteiger partial charge on any atom is 0.132 e. The molecule has 3 aromatic rings. The second-order valence-corrected chi connectivity index (χ2v) is 8.45. The minimum absolute atomic E-state index is 0.197. The molecule has 1 atom stereocenters. The Kier molecular flexibility index (Phi) is 4.73. The molecule has 0 aliphatic rings. The van der Waals surface area contributed by atoms with E-state index in [1.807, 2.05) is 48.5 Å². The fourth-order valence-corrected chi connectivity index (χ4v) is 5.08. The third-order valence-electron chi connectivity index (χ3n) is 4.70. The molecule has 122 valence electrons. The van der Waals surface area contributed by atoms with Crippen LogP contribution in [0.15, 0.2) is 78.9 Å². The Hall–Kier alpha value is -2.11. The van der Waals surface area contributed by atoms with Crippen LogP contribution in [0.4, 0.5) is 0 Å². The monoisotopic (exact) mass is 334 g/mol. The highest BCUT2D eigenvalue weighted by molar-refractivity contribution is 7.61. The summed E-state index contributed by atoms with van der Waals surface area (Å²) in [6.07, 6.45) is 0. The molecule has 0 bridgehead atoms. The van der Waals surface area contributed by atoms with Gasteiger partial charge in [0, 0.05) is 16.0 Å². The van der Waals surface area contributed by atoms with E-state index in [2.05, 4.69) is 51.1 Å². The Morgan fingerprint density at radius 3 is 1.92 bits per heavy atom. The molecule has 3 aromatic carbocycles. The first-order valence-corrected chi connectivity index (χ1v) is 9.68. The van der Waals surface area contributed by atoms with Crippen LogP contribution in [0.1, 0.15) is 30.5 Å². The minimum atomic E-state index is -2.03. The van der Waals surface area contributed by atoms with Crippen LogP contribution in [0, 0.1) is 6.92 Å². The highest BCUT2D eigenvalue weighted by Crippen LogP contribution is 2.35. The summed E-state index contributed by atoms with van der Waals surface area (Å²) in [6, 6.07) is 26.4. The second-order valence-electron chi connectivity index (χ2n) is 6.68. The normalized spacial score (nSPS) is 12.8. The van der Waals surface area contributed by atoms with Crippen molar-refractivity contribution >= 4 is 18.4 Å². The van der Waals surface area contributed by atoms with E-state index in [1.54, 1.807) is 0 Å². The summed E-state index contributed by atoms with van der Waals surface area (Å²) in [5, 5.41) is 1.87. The highest BCUT2D eigenvalue weighted by atomic mass is 31.1. The van der Waals surface area contributed by atoms with Gasteiger partial charge in [-0.1, -0.05) is 92.7 Å². The zero-order chi connectivity index (χ0) is 17.2. The van der Waals surface area contributed by atoms with Gasteiger partial charge in [0.15, 0.2) is 0 Å². The first-order chi connectivity index (χ1) is 11.5. The van der Waals surface area contributed by atoms with Gasteiger partial charge < -0.3 is 4.57 Å². The van der Waals surface area contributed by atoms with Gasteiger partial charge in [0.25, 0.3) is 0 Å². The Morgan fingerprint density at radius 1 is 0.708 bits per heavy atom. The smallest absolute Gasteiger partial charge is 0.132 e. The quantitative estimate of drug-likeness (QED) is 0.625. The highest BCUT2D eigenvalue weighted by Gasteiger charge is 2.28. The van der Waals surface area contributed by atoms with Crippen LogP contribution in [0.3, 0.4) is 0 Å². The molecule has 0 radical (unpaired) electrons. The molecule has 0 aliphatic heterocycles. The van der Waals surface area contributed by atoms with Crippen LogP contribution in [0.2, 0.25) is 0 Å². The molecule has 0 spiro atoms. The van der Waals surface area contributed by atoms with E-state index in [-0.39, 0.29) is 5.41 Å². The lowest BCUT2D eigenvalue weighted by Gasteiger charge is -2.30. The van der Waals surface area contributed by atoms with Crippen molar-refractivity contribution < 1.29 is 4.57 Å². The molecule has 3 rings (SSSR count). The lowest BCUT2D eigenvalue weighted by atomic mass is 9.76. The molecule has 0 saturated heterocycles. The largest absolute Gasteiger partial charge is 0.317 e. The van der Waals surface area contributed by atoms with Crippen LogP contribution in [-0.4, -0.2) is 0 Å². The summed E-state index contributed by atoms with van der Waals surface area (Å²) in [5.41, 5.74) is 3.49. The van der Waals surface area contributed by atoms with Crippen molar-refractivity contribution in [2.75, 3.05) is 0 Å². The first kappa shape index (κ1) is 16.7. The average Bonchev–Trinajstić information content (AvgIpc) is 2.62. The average molecular weight is 334 g/mol. The maximum absolute atomic E-state index is 13.2. The Balaban J connectivity index is 2.13. The van der Waals surface area contributed by atoms with Gasteiger partial charge in [-0.3, -0.25) is 0 Å². The second kappa shape index (κ2) is 6.79. The maximum atomic E-state index is 13.2. The SMILES string of the molecule is Cc1ccccc1C(C)(C)c1ccccc1[PH](=O)c1ccccc1. The van der Waals surface area contributed by atoms with Crippen molar-refractivity contribution in [3.8, 4) is 0 Å².